The SMILES string of the molecule is COC(=O)[C@@H]1C[C@H](n2c(=O)[nH]/c(=N\c3ccc(OC(C)C)c(C)c3)n(Cc3ccc(Cl)cc3)c2=O)CN1C(=O)OC(C)(C)C. The lowest BCUT2D eigenvalue weighted by Gasteiger charge is -2.27. The number of aromatic amines is 1. The van der Waals surface area contributed by atoms with Gasteiger partial charge in [-0.1, -0.05) is 23.7 Å². The minimum atomic E-state index is -1.05. The Hall–Kier alpha value is -4.32. The number of aryl methyl sites for hydroxylation is 1. The van der Waals surface area contributed by atoms with E-state index in [4.69, 9.17) is 25.8 Å². The Morgan fingerprint density at radius 1 is 1.11 bits per heavy atom. The molecule has 4 rings (SSSR count). The van der Waals surface area contributed by atoms with Crippen LogP contribution in [-0.2, 0) is 20.8 Å². The third-order valence-electron chi connectivity index (χ3n) is 6.89. The summed E-state index contributed by atoms with van der Waals surface area (Å²) >= 11 is 6.08. The second-order valence-electron chi connectivity index (χ2n) is 11.9. The number of amides is 1. The summed E-state index contributed by atoms with van der Waals surface area (Å²) in [5.41, 5.74) is -0.143. The highest BCUT2D eigenvalue weighted by atomic mass is 35.5. The van der Waals surface area contributed by atoms with Gasteiger partial charge in [0.25, 0.3) is 0 Å². The molecular weight excluding hydrogens is 590 g/mol. The van der Waals surface area contributed by atoms with Gasteiger partial charge >= 0.3 is 23.4 Å². The van der Waals surface area contributed by atoms with Gasteiger partial charge in [0.05, 0.1) is 31.5 Å². The van der Waals surface area contributed by atoms with Crippen LogP contribution in [0.2, 0.25) is 5.02 Å². The molecule has 2 atom stereocenters. The van der Waals surface area contributed by atoms with Crippen molar-refractivity contribution in [3.05, 3.63) is 85.2 Å². The van der Waals surface area contributed by atoms with E-state index in [9.17, 15) is 19.2 Å². The Bertz CT molecular complexity index is 1720. The molecule has 1 saturated heterocycles. The minimum absolute atomic E-state index is 0.0115. The lowest BCUT2D eigenvalue weighted by molar-refractivity contribution is -0.145. The number of nitrogens with one attached hydrogen (secondary N) is 1. The van der Waals surface area contributed by atoms with E-state index in [-0.39, 0.29) is 31.2 Å². The molecule has 1 aromatic heterocycles. The number of nitrogens with zero attached hydrogens (tertiary/aromatic N) is 4. The van der Waals surface area contributed by atoms with Gasteiger partial charge in [-0.2, -0.15) is 0 Å². The predicted molar refractivity (Wildman–Crippen MR) is 164 cm³/mol. The van der Waals surface area contributed by atoms with Gasteiger partial charge in [0.2, 0.25) is 5.62 Å². The molecule has 13 heteroatoms. The number of rotatable bonds is 7. The third kappa shape index (κ3) is 7.60. The summed E-state index contributed by atoms with van der Waals surface area (Å²) in [5.74, 6) is 0.0246. The fraction of sp³-hybridized carbons (Fsp3) is 0.452. The Kier molecular flexibility index (Phi) is 9.72. The molecule has 1 fully saturated rings. The molecule has 1 amide bonds. The number of hydrogen-bond acceptors (Lipinski definition) is 8. The van der Waals surface area contributed by atoms with Crippen LogP contribution >= 0.6 is 11.6 Å². The number of ether oxygens (including phenoxy) is 3. The molecule has 1 N–H and O–H groups in total. The van der Waals surface area contributed by atoms with Gasteiger partial charge in [0.15, 0.2) is 0 Å². The summed E-state index contributed by atoms with van der Waals surface area (Å²) in [4.78, 5) is 61.9. The molecule has 2 heterocycles. The van der Waals surface area contributed by atoms with Crippen molar-refractivity contribution in [3.8, 4) is 5.75 Å². The summed E-state index contributed by atoms with van der Waals surface area (Å²) < 4.78 is 18.6. The predicted octanol–water partition coefficient (Wildman–Crippen LogP) is 4.09. The van der Waals surface area contributed by atoms with Crippen LogP contribution in [0.15, 0.2) is 57.0 Å². The standard InChI is InChI=1S/C31H38ClN5O7/c1-18(2)43-25-13-12-22(14-19(25)3)33-27-34-28(39)37(29(40)36(27)16-20-8-10-21(32)11-9-20)23-15-24(26(38)42-7)35(17-23)30(41)44-31(4,5)6/h8-14,18,23-24H,15-17H2,1-7H3,(H,33,34,39)/t23-,24-/m0/s1. The number of hydrogen-bond donors (Lipinski definition) is 1. The van der Waals surface area contributed by atoms with E-state index in [2.05, 4.69) is 9.98 Å². The molecule has 12 nitrogen and oxygen atoms in total. The second-order valence-corrected chi connectivity index (χ2v) is 12.3. The summed E-state index contributed by atoms with van der Waals surface area (Å²) in [7, 11) is 1.21. The monoisotopic (exact) mass is 627 g/mol. The highest BCUT2D eigenvalue weighted by molar-refractivity contribution is 6.30. The summed E-state index contributed by atoms with van der Waals surface area (Å²) in [6.07, 6.45) is -0.786. The van der Waals surface area contributed by atoms with Crippen molar-refractivity contribution < 1.29 is 23.8 Å². The number of esters is 1. The molecule has 0 radical (unpaired) electrons. The summed E-state index contributed by atoms with van der Waals surface area (Å²) in [5, 5.41) is 0.531. The minimum Gasteiger partial charge on any atom is -0.491 e. The molecule has 1 aliphatic rings. The van der Waals surface area contributed by atoms with Crippen molar-refractivity contribution in [1.82, 2.24) is 19.0 Å². The molecule has 0 aliphatic carbocycles. The molecule has 1 aliphatic heterocycles. The highest BCUT2D eigenvalue weighted by Gasteiger charge is 2.44. The van der Waals surface area contributed by atoms with E-state index in [1.165, 1.54) is 16.6 Å². The number of aromatic nitrogens is 3. The van der Waals surface area contributed by atoms with E-state index >= 15 is 0 Å². The molecule has 0 spiro atoms. The smallest absolute Gasteiger partial charge is 0.411 e. The van der Waals surface area contributed by atoms with E-state index in [1.807, 2.05) is 20.8 Å². The first-order chi connectivity index (χ1) is 20.7. The normalized spacial score (nSPS) is 17.2. The van der Waals surface area contributed by atoms with Crippen LogP contribution in [0.1, 0.15) is 58.2 Å². The van der Waals surface area contributed by atoms with Gasteiger partial charge in [-0.15, -0.1) is 0 Å². The average Bonchev–Trinajstić information content (AvgIpc) is 3.37. The Morgan fingerprint density at radius 3 is 2.39 bits per heavy atom. The van der Waals surface area contributed by atoms with Crippen LogP contribution in [0, 0.1) is 6.92 Å². The molecule has 0 saturated carbocycles. The molecule has 2 aromatic carbocycles. The van der Waals surface area contributed by atoms with Crippen LogP contribution in [0.4, 0.5) is 10.5 Å². The first-order valence-corrected chi connectivity index (χ1v) is 14.6. The number of H-pyrrole nitrogens is 1. The van der Waals surface area contributed by atoms with Crippen molar-refractivity contribution in [1.29, 1.82) is 0 Å². The number of benzene rings is 2. The van der Waals surface area contributed by atoms with Crippen LogP contribution in [-0.4, -0.2) is 62.5 Å². The van der Waals surface area contributed by atoms with Crippen molar-refractivity contribution in [2.24, 2.45) is 4.99 Å². The Labute approximate surface area is 259 Å². The average molecular weight is 628 g/mol. The molecule has 236 valence electrons. The second kappa shape index (κ2) is 13.1. The number of halogens is 1. The van der Waals surface area contributed by atoms with Gasteiger partial charge in [0.1, 0.15) is 17.4 Å². The molecule has 0 bridgehead atoms. The van der Waals surface area contributed by atoms with Crippen molar-refractivity contribution in [3.63, 3.8) is 0 Å². The highest BCUT2D eigenvalue weighted by Crippen LogP contribution is 2.28. The van der Waals surface area contributed by atoms with E-state index < -0.39 is 41.1 Å². The zero-order valence-electron chi connectivity index (χ0n) is 25.9. The van der Waals surface area contributed by atoms with Crippen molar-refractivity contribution >= 4 is 29.4 Å². The largest absolute Gasteiger partial charge is 0.491 e. The number of carbonyl (C=O) groups excluding carboxylic acids is 2. The first-order valence-electron chi connectivity index (χ1n) is 14.3. The number of methoxy groups -OCH3 is 1. The van der Waals surface area contributed by atoms with Gasteiger partial charge in [-0.05, 0) is 83.0 Å². The number of likely N-dealkylation sites (tertiary alicyclic amines) is 1. The van der Waals surface area contributed by atoms with E-state index in [0.29, 0.717) is 16.5 Å². The topological polar surface area (TPSA) is 137 Å². The van der Waals surface area contributed by atoms with Crippen LogP contribution in [0.5, 0.6) is 5.75 Å². The van der Waals surface area contributed by atoms with Gasteiger partial charge in [-0.3, -0.25) is 14.5 Å². The fourth-order valence-electron chi connectivity index (χ4n) is 4.95. The molecule has 44 heavy (non-hydrogen) atoms. The molecule has 0 unspecified atom stereocenters. The lowest BCUT2D eigenvalue weighted by atomic mass is 10.1. The fourth-order valence-corrected chi connectivity index (χ4v) is 5.08. The third-order valence-corrected chi connectivity index (χ3v) is 7.14. The van der Waals surface area contributed by atoms with Crippen LogP contribution in [0.25, 0.3) is 0 Å². The zero-order chi connectivity index (χ0) is 32.3. The number of carbonyl (C=O) groups is 2. The lowest BCUT2D eigenvalue weighted by Crippen LogP contribution is -2.51. The van der Waals surface area contributed by atoms with Gasteiger partial charge in [-0.25, -0.2) is 28.7 Å². The van der Waals surface area contributed by atoms with E-state index in [1.54, 1.807) is 63.2 Å². The Morgan fingerprint density at radius 2 is 1.80 bits per heavy atom. The summed E-state index contributed by atoms with van der Waals surface area (Å²) in [6, 6.07) is 10.4. The Balaban J connectivity index is 1.83. The van der Waals surface area contributed by atoms with Gasteiger partial charge < -0.3 is 14.2 Å². The first kappa shape index (κ1) is 32.6. The maximum atomic E-state index is 14.1. The molecule has 3 aromatic rings. The maximum absolute atomic E-state index is 14.1. The van der Waals surface area contributed by atoms with Crippen LogP contribution < -0.4 is 21.7 Å². The quantitative estimate of drug-likeness (QED) is 0.390. The van der Waals surface area contributed by atoms with Gasteiger partial charge in [0, 0.05) is 18.0 Å². The van der Waals surface area contributed by atoms with E-state index in [0.717, 1.165) is 15.7 Å². The van der Waals surface area contributed by atoms with Crippen molar-refractivity contribution in [2.75, 3.05) is 13.7 Å². The van der Waals surface area contributed by atoms with Crippen LogP contribution in [0.3, 0.4) is 0 Å². The zero-order valence-corrected chi connectivity index (χ0v) is 26.7. The van der Waals surface area contributed by atoms with Crippen molar-refractivity contribution in [2.45, 2.75) is 78.3 Å². The maximum Gasteiger partial charge on any atom is 0.411 e. The summed E-state index contributed by atoms with van der Waals surface area (Å²) in [6.45, 7) is 10.8. The molecular formula is C31H38ClN5O7.